The molecule has 0 saturated carbocycles. The number of hydrogen-bond acceptors (Lipinski definition) is 2. The molecule has 1 aromatic rings. The summed E-state index contributed by atoms with van der Waals surface area (Å²) in [6.07, 6.45) is 3.72. The molecule has 0 bridgehead atoms. The van der Waals surface area contributed by atoms with Gasteiger partial charge in [0.15, 0.2) is 0 Å². The number of alkyl halides is 2. The highest BCUT2D eigenvalue weighted by molar-refractivity contribution is 6.44. The molecule has 110 valence electrons. The van der Waals surface area contributed by atoms with Gasteiger partial charge in [-0.25, -0.2) is 9.59 Å². The molecular formula is C14H16Cl2O4. The van der Waals surface area contributed by atoms with Crippen LogP contribution in [0.15, 0.2) is 18.2 Å². The third kappa shape index (κ3) is 5.02. The summed E-state index contributed by atoms with van der Waals surface area (Å²) in [5.74, 6) is -2.43. The molecule has 0 aliphatic rings. The number of carbonyl (C=O) groups is 2. The van der Waals surface area contributed by atoms with Gasteiger partial charge in [-0.15, -0.1) is 23.2 Å². The van der Waals surface area contributed by atoms with Gasteiger partial charge >= 0.3 is 11.9 Å². The minimum atomic E-state index is -1.23. The summed E-state index contributed by atoms with van der Waals surface area (Å²) < 4.78 is 0. The van der Waals surface area contributed by atoms with Crippen molar-refractivity contribution < 1.29 is 19.8 Å². The van der Waals surface area contributed by atoms with Crippen molar-refractivity contribution in [3.8, 4) is 0 Å². The first-order valence-electron chi connectivity index (χ1n) is 6.30. The molecule has 20 heavy (non-hydrogen) atoms. The molecule has 0 radical (unpaired) electrons. The molecule has 0 heterocycles. The Hall–Kier alpha value is -1.26. The quantitative estimate of drug-likeness (QED) is 0.561. The summed E-state index contributed by atoms with van der Waals surface area (Å²) in [6, 6.07) is 4.53. The highest BCUT2D eigenvalue weighted by Gasteiger charge is 2.19. The van der Waals surface area contributed by atoms with Crippen LogP contribution in [0.3, 0.4) is 0 Å². The van der Waals surface area contributed by atoms with E-state index in [1.54, 1.807) is 12.1 Å². The van der Waals surface area contributed by atoms with E-state index >= 15 is 0 Å². The summed E-state index contributed by atoms with van der Waals surface area (Å²) in [5, 5.41) is 18.2. The molecule has 0 spiro atoms. The molecule has 1 aromatic carbocycles. The second-order valence-corrected chi connectivity index (χ2v) is 5.72. The van der Waals surface area contributed by atoms with Crippen LogP contribution in [0.25, 0.3) is 0 Å². The van der Waals surface area contributed by atoms with Gasteiger partial charge in [-0.2, -0.15) is 0 Å². The van der Waals surface area contributed by atoms with Crippen LogP contribution in [0, 0.1) is 0 Å². The van der Waals surface area contributed by atoms with Crippen molar-refractivity contribution in [1.29, 1.82) is 0 Å². The van der Waals surface area contributed by atoms with Crippen molar-refractivity contribution >= 4 is 35.1 Å². The monoisotopic (exact) mass is 318 g/mol. The second-order valence-electron chi connectivity index (χ2n) is 4.44. The van der Waals surface area contributed by atoms with E-state index in [4.69, 9.17) is 28.3 Å². The SMILES string of the molecule is O=C(O)c1cccc(CCCCCC(Cl)Cl)c1C(=O)O. The largest absolute Gasteiger partial charge is 0.478 e. The summed E-state index contributed by atoms with van der Waals surface area (Å²) in [4.78, 5) is 21.9. The fourth-order valence-electron chi connectivity index (χ4n) is 2.03. The van der Waals surface area contributed by atoms with E-state index in [9.17, 15) is 14.7 Å². The lowest BCUT2D eigenvalue weighted by atomic mass is 9.96. The Labute approximate surface area is 127 Å². The standard InChI is InChI=1S/C14H16Cl2O4/c15-11(16)8-3-1-2-5-9-6-4-7-10(13(17)18)12(9)14(19)20/h4,6-7,11H,1-3,5,8H2,(H,17,18)(H,19,20). The zero-order chi connectivity index (χ0) is 15.1. The maximum Gasteiger partial charge on any atom is 0.336 e. The summed E-state index contributed by atoms with van der Waals surface area (Å²) in [5.41, 5.74) is 0.259. The van der Waals surface area contributed by atoms with Crippen molar-refractivity contribution in [2.75, 3.05) is 0 Å². The number of hydrogen-bond donors (Lipinski definition) is 2. The van der Waals surface area contributed by atoms with Crippen LogP contribution in [0.4, 0.5) is 0 Å². The second kappa shape index (κ2) is 8.12. The fourth-order valence-corrected chi connectivity index (χ4v) is 2.34. The van der Waals surface area contributed by atoms with E-state index in [-0.39, 0.29) is 16.0 Å². The number of benzene rings is 1. The Morgan fingerprint density at radius 1 is 1.05 bits per heavy atom. The van der Waals surface area contributed by atoms with Gasteiger partial charge in [-0.1, -0.05) is 25.0 Å². The van der Waals surface area contributed by atoms with Gasteiger partial charge in [0.25, 0.3) is 0 Å². The van der Waals surface area contributed by atoms with Crippen LogP contribution in [-0.4, -0.2) is 27.0 Å². The average Bonchev–Trinajstić information content (AvgIpc) is 2.37. The Kier molecular flexibility index (Phi) is 6.82. The molecule has 0 aliphatic carbocycles. The predicted molar refractivity (Wildman–Crippen MR) is 78.0 cm³/mol. The molecular weight excluding hydrogens is 303 g/mol. The number of unbranched alkanes of at least 4 members (excludes halogenated alkanes) is 2. The molecule has 0 aliphatic heterocycles. The van der Waals surface area contributed by atoms with Crippen molar-refractivity contribution in [2.24, 2.45) is 0 Å². The lowest BCUT2D eigenvalue weighted by molar-refractivity contribution is 0.0650. The average molecular weight is 319 g/mol. The Bertz CT molecular complexity index is 486. The van der Waals surface area contributed by atoms with Crippen LogP contribution in [-0.2, 0) is 6.42 Å². The van der Waals surface area contributed by atoms with Crippen LogP contribution >= 0.6 is 23.2 Å². The van der Waals surface area contributed by atoms with Crippen LogP contribution in [0.1, 0.15) is 52.0 Å². The van der Waals surface area contributed by atoms with Crippen LogP contribution < -0.4 is 0 Å². The molecule has 0 fully saturated rings. The number of aryl methyl sites for hydroxylation is 1. The molecule has 6 heteroatoms. The molecule has 0 saturated heterocycles. The molecule has 1 rings (SSSR count). The third-order valence-electron chi connectivity index (χ3n) is 2.96. The van der Waals surface area contributed by atoms with Crippen LogP contribution in [0.2, 0.25) is 0 Å². The van der Waals surface area contributed by atoms with Gasteiger partial charge < -0.3 is 10.2 Å². The van der Waals surface area contributed by atoms with Gasteiger partial charge in [-0.3, -0.25) is 0 Å². The van der Waals surface area contributed by atoms with Gasteiger partial charge in [0.1, 0.15) is 4.84 Å². The highest BCUT2D eigenvalue weighted by Crippen LogP contribution is 2.19. The summed E-state index contributed by atoms with van der Waals surface area (Å²) in [7, 11) is 0. The number of halogens is 2. The van der Waals surface area contributed by atoms with E-state index in [1.165, 1.54) is 6.07 Å². The molecule has 0 aromatic heterocycles. The lowest BCUT2D eigenvalue weighted by Crippen LogP contribution is -2.11. The molecule has 0 atom stereocenters. The number of carboxylic acids is 2. The first kappa shape index (κ1) is 16.8. The molecule has 0 unspecified atom stereocenters. The number of aromatic carboxylic acids is 2. The first-order chi connectivity index (χ1) is 9.43. The fraction of sp³-hybridized carbons (Fsp3) is 0.429. The van der Waals surface area contributed by atoms with E-state index in [0.717, 1.165) is 19.3 Å². The normalized spacial score (nSPS) is 10.8. The van der Waals surface area contributed by atoms with E-state index < -0.39 is 11.9 Å². The smallest absolute Gasteiger partial charge is 0.336 e. The van der Waals surface area contributed by atoms with E-state index in [2.05, 4.69) is 0 Å². The highest BCUT2D eigenvalue weighted by atomic mass is 35.5. The first-order valence-corrected chi connectivity index (χ1v) is 7.17. The number of rotatable bonds is 8. The molecule has 4 nitrogen and oxygen atoms in total. The third-order valence-corrected chi connectivity index (χ3v) is 3.40. The molecule has 2 N–H and O–H groups in total. The van der Waals surface area contributed by atoms with Crippen molar-refractivity contribution in [2.45, 2.75) is 36.9 Å². The Morgan fingerprint density at radius 3 is 2.30 bits per heavy atom. The maximum absolute atomic E-state index is 11.2. The zero-order valence-corrected chi connectivity index (χ0v) is 12.3. The van der Waals surface area contributed by atoms with Crippen molar-refractivity contribution in [1.82, 2.24) is 0 Å². The van der Waals surface area contributed by atoms with Crippen LogP contribution in [0.5, 0.6) is 0 Å². The summed E-state index contributed by atoms with van der Waals surface area (Å²) in [6.45, 7) is 0. The molecule has 0 amide bonds. The van der Waals surface area contributed by atoms with Gasteiger partial charge in [-0.05, 0) is 30.9 Å². The lowest BCUT2D eigenvalue weighted by Gasteiger charge is -2.09. The minimum Gasteiger partial charge on any atom is -0.478 e. The zero-order valence-electron chi connectivity index (χ0n) is 10.8. The topological polar surface area (TPSA) is 74.6 Å². The number of carboxylic acid groups (broad SMARTS) is 2. The predicted octanol–water partition coefficient (Wildman–Crippen LogP) is 3.99. The Balaban J connectivity index is 2.72. The van der Waals surface area contributed by atoms with E-state index in [0.29, 0.717) is 18.4 Å². The summed E-state index contributed by atoms with van der Waals surface area (Å²) >= 11 is 11.2. The Morgan fingerprint density at radius 2 is 1.75 bits per heavy atom. The van der Waals surface area contributed by atoms with E-state index in [1.807, 2.05) is 0 Å². The minimum absolute atomic E-state index is 0.118. The van der Waals surface area contributed by atoms with Crippen molar-refractivity contribution in [3.05, 3.63) is 34.9 Å². The maximum atomic E-state index is 11.2. The van der Waals surface area contributed by atoms with Crippen molar-refractivity contribution in [3.63, 3.8) is 0 Å². The van der Waals surface area contributed by atoms with Gasteiger partial charge in [0.2, 0.25) is 0 Å². The van der Waals surface area contributed by atoms with Gasteiger partial charge in [0, 0.05) is 0 Å². The van der Waals surface area contributed by atoms with Gasteiger partial charge in [0.05, 0.1) is 11.1 Å².